The van der Waals surface area contributed by atoms with Crippen LogP contribution in [0.3, 0.4) is 0 Å². The third-order valence-electron chi connectivity index (χ3n) is 10.2. The van der Waals surface area contributed by atoms with E-state index in [1.165, 1.54) is 135 Å². The van der Waals surface area contributed by atoms with Gasteiger partial charge in [0.05, 0.1) is 0 Å². The molecule has 0 aliphatic heterocycles. The van der Waals surface area contributed by atoms with E-state index in [2.05, 4.69) is 34.6 Å². The van der Waals surface area contributed by atoms with Gasteiger partial charge in [-0.2, -0.15) is 0 Å². The summed E-state index contributed by atoms with van der Waals surface area (Å²) in [5, 5.41) is 0. The Hall–Kier alpha value is -1.59. The minimum atomic E-state index is -0.760. The lowest BCUT2D eigenvalue weighted by molar-refractivity contribution is -0.167. The molecule has 0 amide bonds. The van der Waals surface area contributed by atoms with Gasteiger partial charge in [0.2, 0.25) is 0 Å². The molecule has 0 aliphatic rings. The van der Waals surface area contributed by atoms with Gasteiger partial charge in [0.25, 0.3) is 0 Å². The number of hydrogen-bond donors (Lipinski definition) is 0. The minimum Gasteiger partial charge on any atom is -0.462 e. The van der Waals surface area contributed by atoms with E-state index in [1.54, 1.807) is 0 Å². The quantitative estimate of drug-likeness (QED) is 0.0354. The molecule has 0 heterocycles. The molecule has 0 aromatic carbocycles. The average molecular weight is 737 g/mol. The van der Waals surface area contributed by atoms with E-state index in [0.717, 1.165) is 69.6 Å². The molecular weight excluding hydrogens is 648 g/mol. The molecule has 0 N–H and O–H groups in total. The molecule has 0 saturated heterocycles. The van der Waals surface area contributed by atoms with Crippen LogP contribution in [0.15, 0.2) is 0 Å². The molecule has 0 spiro atoms. The van der Waals surface area contributed by atoms with Crippen LogP contribution in [0.5, 0.6) is 0 Å². The van der Waals surface area contributed by atoms with E-state index in [0.29, 0.717) is 19.3 Å². The Balaban J connectivity index is 4.34. The largest absolute Gasteiger partial charge is 0.462 e. The van der Waals surface area contributed by atoms with Crippen molar-refractivity contribution in [1.82, 2.24) is 0 Å². The van der Waals surface area contributed by atoms with Gasteiger partial charge in [-0.1, -0.05) is 208 Å². The summed E-state index contributed by atoms with van der Waals surface area (Å²) in [5.74, 6) is 0.726. The van der Waals surface area contributed by atoms with Gasteiger partial charge in [-0.3, -0.25) is 14.4 Å². The SMILES string of the molecule is CCCCCCCCCCCCCCC(=O)OC[C@H](COC(=O)CCCCCCCCCC(C)C)OC(=O)CCCCCCCCCCCC(C)C. The Labute approximate surface area is 323 Å². The molecule has 0 saturated carbocycles. The molecule has 0 radical (unpaired) electrons. The highest BCUT2D eigenvalue weighted by atomic mass is 16.6. The number of carbonyl (C=O) groups is 3. The summed E-state index contributed by atoms with van der Waals surface area (Å²) in [6, 6.07) is 0. The second-order valence-electron chi connectivity index (χ2n) is 16.6. The van der Waals surface area contributed by atoms with E-state index in [-0.39, 0.29) is 31.1 Å². The molecule has 308 valence electrons. The van der Waals surface area contributed by atoms with Gasteiger partial charge < -0.3 is 14.2 Å². The minimum absolute atomic E-state index is 0.0654. The van der Waals surface area contributed by atoms with Gasteiger partial charge in [-0.15, -0.1) is 0 Å². The van der Waals surface area contributed by atoms with Crippen molar-refractivity contribution in [2.75, 3.05) is 13.2 Å². The number of ether oxygens (including phenoxy) is 3. The predicted octanol–water partition coefficient (Wildman–Crippen LogP) is 14.2. The highest BCUT2D eigenvalue weighted by Crippen LogP contribution is 2.16. The fraction of sp³-hybridized carbons (Fsp3) is 0.935. The van der Waals surface area contributed by atoms with Crippen LogP contribution in [0.25, 0.3) is 0 Å². The van der Waals surface area contributed by atoms with Crippen LogP contribution in [0, 0.1) is 11.8 Å². The lowest BCUT2D eigenvalue weighted by Crippen LogP contribution is -2.30. The number of esters is 3. The number of unbranched alkanes of at least 4 members (excludes halogenated alkanes) is 25. The second-order valence-corrected chi connectivity index (χ2v) is 16.6. The van der Waals surface area contributed by atoms with Crippen molar-refractivity contribution in [2.24, 2.45) is 11.8 Å². The molecule has 6 heteroatoms. The predicted molar refractivity (Wildman–Crippen MR) is 220 cm³/mol. The summed E-state index contributed by atoms with van der Waals surface area (Å²) in [7, 11) is 0. The maximum absolute atomic E-state index is 12.7. The van der Waals surface area contributed by atoms with Crippen LogP contribution in [-0.2, 0) is 28.6 Å². The fourth-order valence-electron chi connectivity index (χ4n) is 6.75. The molecule has 0 unspecified atom stereocenters. The van der Waals surface area contributed by atoms with Crippen molar-refractivity contribution in [3.05, 3.63) is 0 Å². The molecule has 6 nitrogen and oxygen atoms in total. The van der Waals surface area contributed by atoms with Gasteiger partial charge in [0.15, 0.2) is 6.10 Å². The third-order valence-corrected chi connectivity index (χ3v) is 10.2. The summed E-state index contributed by atoms with van der Waals surface area (Å²) < 4.78 is 16.7. The van der Waals surface area contributed by atoms with Crippen molar-refractivity contribution in [3.63, 3.8) is 0 Å². The maximum atomic E-state index is 12.7. The van der Waals surface area contributed by atoms with Crippen LogP contribution >= 0.6 is 0 Å². The van der Waals surface area contributed by atoms with Gasteiger partial charge in [0.1, 0.15) is 13.2 Å². The van der Waals surface area contributed by atoms with Crippen molar-refractivity contribution in [1.29, 1.82) is 0 Å². The Morgan fingerprint density at radius 1 is 0.365 bits per heavy atom. The molecule has 0 aliphatic carbocycles. The zero-order chi connectivity index (χ0) is 38.3. The summed E-state index contributed by atoms with van der Waals surface area (Å²) in [6.07, 6.45) is 36.6. The highest BCUT2D eigenvalue weighted by Gasteiger charge is 2.19. The number of carbonyl (C=O) groups excluding carboxylic acids is 3. The molecule has 0 aromatic heterocycles. The first-order valence-corrected chi connectivity index (χ1v) is 22.7. The van der Waals surface area contributed by atoms with Gasteiger partial charge in [-0.05, 0) is 31.1 Å². The van der Waals surface area contributed by atoms with Gasteiger partial charge >= 0.3 is 17.9 Å². The smallest absolute Gasteiger partial charge is 0.306 e. The van der Waals surface area contributed by atoms with Crippen molar-refractivity contribution in [2.45, 2.75) is 253 Å². The molecule has 1 atom stereocenters. The summed E-state index contributed by atoms with van der Waals surface area (Å²) in [5.41, 5.74) is 0. The van der Waals surface area contributed by atoms with Gasteiger partial charge in [-0.25, -0.2) is 0 Å². The molecule has 0 rings (SSSR count). The standard InChI is InChI=1S/C46H88O6/c1-6-7-8-9-10-11-12-13-16-21-26-31-36-44(47)50-39-43(40-51-45(48)37-32-27-23-18-20-25-30-35-42(4)5)52-46(49)38-33-28-22-17-14-15-19-24-29-34-41(2)3/h41-43H,6-40H2,1-5H3/t43-/m1/s1. The van der Waals surface area contributed by atoms with E-state index in [1.807, 2.05) is 0 Å². The Bertz CT molecular complexity index is 794. The first-order chi connectivity index (χ1) is 25.2. The molecule has 0 aromatic rings. The van der Waals surface area contributed by atoms with Crippen LogP contribution in [-0.4, -0.2) is 37.2 Å². The van der Waals surface area contributed by atoms with Gasteiger partial charge in [0, 0.05) is 19.3 Å². The topological polar surface area (TPSA) is 78.9 Å². The first kappa shape index (κ1) is 50.4. The Kier molecular flexibility index (Phi) is 37.9. The lowest BCUT2D eigenvalue weighted by atomic mass is 10.0. The highest BCUT2D eigenvalue weighted by molar-refractivity contribution is 5.71. The first-order valence-electron chi connectivity index (χ1n) is 22.7. The van der Waals surface area contributed by atoms with Crippen LogP contribution in [0.4, 0.5) is 0 Å². The van der Waals surface area contributed by atoms with E-state index in [4.69, 9.17) is 14.2 Å². The van der Waals surface area contributed by atoms with Crippen LogP contribution in [0.2, 0.25) is 0 Å². The Morgan fingerprint density at radius 2 is 0.635 bits per heavy atom. The number of hydrogen-bond acceptors (Lipinski definition) is 6. The summed E-state index contributed by atoms with van der Waals surface area (Å²) >= 11 is 0. The average Bonchev–Trinajstić information content (AvgIpc) is 3.11. The normalized spacial score (nSPS) is 12.1. The van der Waals surface area contributed by atoms with Crippen molar-refractivity contribution >= 4 is 17.9 Å². The second kappa shape index (κ2) is 39.1. The van der Waals surface area contributed by atoms with E-state index in [9.17, 15) is 14.4 Å². The van der Waals surface area contributed by atoms with Crippen molar-refractivity contribution in [3.8, 4) is 0 Å². The molecular formula is C46H88O6. The molecule has 52 heavy (non-hydrogen) atoms. The summed E-state index contributed by atoms with van der Waals surface area (Å²) in [4.78, 5) is 37.7. The summed E-state index contributed by atoms with van der Waals surface area (Å²) in [6.45, 7) is 11.3. The molecule has 0 fully saturated rings. The number of rotatable bonds is 40. The molecule has 0 bridgehead atoms. The van der Waals surface area contributed by atoms with Crippen LogP contribution < -0.4 is 0 Å². The third kappa shape index (κ3) is 39.6. The zero-order valence-electron chi connectivity index (χ0n) is 35.4. The zero-order valence-corrected chi connectivity index (χ0v) is 35.4. The van der Waals surface area contributed by atoms with Crippen LogP contribution in [0.1, 0.15) is 247 Å². The lowest BCUT2D eigenvalue weighted by Gasteiger charge is -2.18. The fourth-order valence-corrected chi connectivity index (χ4v) is 6.75. The Morgan fingerprint density at radius 3 is 0.942 bits per heavy atom. The van der Waals surface area contributed by atoms with E-state index >= 15 is 0 Å². The van der Waals surface area contributed by atoms with E-state index < -0.39 is 6.10 Å². The monoisotopic (exact) mass is 737 g/mol. The van der Waals surface area contributed by atoms with Crippen molar-refractivity contribution < 1.29 is 28.6 Å². The maximum Gasteiger partial charge on any atom is 0.306 e.